The number of benzene rings is 1. The van der Waals surface area contributed by atoms with Gasteiger partial charge in [0.15, 0.2) is 0 Å². The van der Waals surface area contributed by atoms with E-state index in [1.807, 2.05) is 0 Å². The first-order valence-corrected chi connectivity index (χ1v) is 6.31. The number of halogens is 1. The van der Waals surface area contributed by atoms with Crippen molar-refractivity contribution in [1.82, 2.24) is 0 Å². The Morgan fingerprint density at radius 3 is 2.94 bits per heavy atom. The van der Waals surface area contributed by atoms with Gasteiger partial charge < -0.3 is 9.84 Å². The van der Waals surface area contributed by atoms with Crippen LogP contribution in [0.4, 0.5) is 4.39 Å². The molecule has 0 amide bonds. The summed E-state index contributed by atoms with van der Waals surface area (Å²) in [7, 11) is 0. The molecule has 0 aliphatic heterocycles. The molecule has 1 fully saturated rings. The Hall–Kier alpha value is -1.53. The molecular weight excluding hydrogens is 231 g/mol. The van der Waals surface area contributed by atoms with Gasteiger partial charge in [0.25, 0.3) is 0 Å². The lowest BCUT2D eigenvalue weighted by molar-refractivity contribution is 0.300. The van der Waals surface area contributed by atoms with Gasteiger partial charge in [0.05, 0.1) is 18.8 Å². The van der Waals surface area contributed by atoms with Gasteiger partial charge in [0, 0.05) is 12.5 Å². The Morgan fingerprint density at radius 1 is 1.39 bits per heavy atom. The van der Waals surface area contributed by atoms with E-state index in [1.54, 1.807) is 6.07 Å². The molecule has 0 heterocycles. The number of aliphatic hydroxyl groups is 1. The van der Waals surface area contributed by atoms with Crippen molar-refractivity contribution >= 4 is 0 Å². The first kappa shape index (κ1) is 12.9. The van der Waals surface area contributed by atoms with E-state index in [4.69, 9.17) is 9.84 Å². The molecule has 1 saturated carbocycles. The molecule has 0 unspecified atom stereocenters. The van der Waals surface area contributed by atoms with Gasteiger partial charge in [-0.3, -0.25) is 0 Å². The average Bonchev–Trinajstić information content (AvgIpc) is 3.16. The fraction of sp³-hybridized carbons (Fsp3) is 0.467. The Bertz CT molecular complexity index is 455. The number of ether oxygens (including phenoxy) is 1. The minimum atomic E-state index is -0.316. The number of aliphatic hydroxyl groups excluding tert-OH is 1. The zero-order valence-electron chi connectivity index (χ0n) is 10.3. The van der Waals surface area contributed by atoms with E-state index in [9.17, 15) is 4.39 Å². The second kappa shape index (κ2) is 6.42. The van der Waals surface area contributed by atoms with Crippen molar-refractivity contribution < 1.29 is 14.2 Å². The third kappa shape index (κ3) is 4.05. The zero-order chi connectivity index (χ0) is 12.8. The summed E-state index contributed by atoms with van der Waals surface area (Å²) in [6.07, 6.45) is 4.02. The molecule has 1 aliphatic carbocycles. The van der Waals surface area contributed by atoms with Gasteiger partial charge in [-0.2, -0.15) is 0 Å². The molecular formula is C15H17FO2. The van der Waals surface area contributed by atoms with E-state index in [-0.39, 0.29) is 12.4 Å². The maximum absolute atomic E-state index is 13.2. The van der Waals surface area contributed by atoms with Crippen LogP contribution in [0.15, 0.2) is 18.2 Å². The molecule has 0 saturated heterocycles. The van der Waals surface area contributed by atoms with Gasteiger partial charge >= 0.3 is 0 Å². The molecule has 0 aromatic heterocycles. The largest absolute Gasteiger partial charge is 0.492 e. The third-order valence-electron chi connectivity index (χ3n) is 2.88. The summed E-state index contributed by atoms with van der Waals surface area (Å²) < 4.78 is 18.8. The summed E-state index contributed by atoms with van der Waals surface area (Å²) >= 11 is 0. The molecule has 1 aromatic carbocycles. The summed E-state index contributed by atoms with van der Waals surface area (Å²) in [5.41, 5.74) is 0.681. The highest BCUT2D eigenvalue weighted by molar-refractivity contribution is 5.46. The summed E-state index contributed by atoms with van der Waals surface area (Å²) in [5.74, 6) is 6.69. The highest BCUT2D eigenvalue weighted by Crippen LogP contribution is 2.32. The van der Waals surface area contributed by atoms with Gasteiger partial charge in [-0.25, -0.2) is 4.39 Å². The normalized spacial score (nSPS) is 13.9. The molecule has 0 bridgehead atoms. The van der Waals surface area contributed by atoms with Crippen LogP contribution in [0.3, 0.4) is 0 Å². The van der Waals surface area contributed by atoms with Gasteiger partial charge in [0.1, 0.15) is 11.6 Å². The smallest absolute Gasteiger partial charge is 0.137 e. The number of hydrogen-bond acceptors (Lipinski definition) is 2. The Morgan fingerprint density at radius 2 is 2.22 bits per heavy atom. The van der Waals surface area contributed by atoms with Crippen LogP contribution in [0.2, 0.25) is 0 Å². The second-order valence-electron chi connectivity index (χ2n) is 4.50. The highest BCUT2D eigenvalue weighted by atomic mass is 19.1. The second-order valence-corrected chi connectivity index (χ2v) is 4.50. The Balaban J connectivity index is 2.00. The third-order valence-corrected chi connectivity index (χ3v) is 2.88. The minimum absolute atomic E-state index is 0.0338. The predicted octanol–water partition coefficient (Wildman–Crippen LogP) is 2.74. The van der Waals surface area contributed by atoms with Crippen molar-refractivity contribution in [3.05, 3.63) is 29.6 Å². The molecule has 0 spiro atoms. The molecule has 2 nitrogen and oxygen atoms in total. The van der Waals surface area contributed by atoms with Crippen LogP contribution in [0, 0.1) is 23.6 Å². The van der Waals surface area contributed by atoms with Gasteiger partial charge in [-0.1, -0.05) is 24.7 Å². The molecule has 0 atom stereocenters. The SMILES string of the molecule is OCCC#Cc1ccc(F)cc1OCCC1CC1. The van der Waals surface area contributed by atoms with Crippen LogP contribution in [-0.2, 0) is 0 Å². The highest BCUT2D eigenvalue weighted by Gasteiger charge is 2.20. The van der Waals surface area contributed by atoms with Gasteiger partial charge in [0.2, 0.25) is 0 Å². The van der Waals surface area contributed by atoms with Crippen molar-refractivity contribution in [2.24, 2.45) is 5.92 Å². The first-order chi connectivity index (χ1) is 8.79. The molecule has 1 aromatic rings. The van der Waals surface area contributed by atoms with E-state index >= 15 is 0 Å². The topological polar surface area (TPSA) is 29.5 Å². The lowest BCUT2D eigenvalue weighted by atomic mass is 10.2. The van der Waals surface area contributed by atoms with Crippen molar-refractivity contribution in [1.29, 1.82) is 0 Å². The quantitative estimate of drug-likeness (QED) is 0.812. The lowest BCUT2D eigenvalue weighted by Crippen LogP contribution is -2.00. The molecule has 2 rings (SSSR count). The maximum atomic E-state index is 13.2. The Kier molecular flexibility index (Phi) is 4.60. The monoisotopic (exact) mass is 248 g/mol. The van der Waals surface area contributed by atoms with Crippen LogP contribution in [0.1, 0.15) is 31.2 Å². The van der Waals surface area contributed by atoms with E-state index in [2.05, 4.69) is 11.8 Å². The van der Waals surface area contributed by atoms with E-state index < -0.39 is 0 Å². The van der Waals surface area contributed by atoms with Crippen LogP contribution < -0.4 is 4.74 Å². The van der Waals surface area contributed by atoms with E-state index in [1.165, 1.54) is 25.0 Å². The van der Waals surface area contributed by atoms with Crippen LogP contribution in [0.25, 0.3) is 0 Å². The molecule has 0 radical (unpaired) electrons. The van der Waals surface area contributed by atoms with Crippen molar-refractivity contribution in [2.75, 3.05) is 13.2 Å². The van der Waals surface area contributed by atoms with Gasteiger partial charge in [-0.05, 0) is 24.5 Å². The minimum Gasteiger partial charge on any atom is -0.492 e. The van der Waals surface area contributed by atoms with Gasteiger partial charge in [-0.15, -0.1) is 0 Å². The number of rotatable bonds is 5. The molecule has 96 valence electrons. The fourth-order valence-electron chi connectivity index (χ4n) is 1.67. The average molecular weight is 248 g/mol. The van der Waals surface area contributed by atoms with E-state index in [0.717, 1.165) is 12.3 Å². The summed E-state index contributed by atoms with van der Waals surface area (Å²) in [5, 5.41) is 8.67. The fourth-order valence-corrected chi connectivity index (χ4v) is 1.67. The van der Waals surface area contributed by atoms with Crippen LogP contribution >= 0.6 is 0 Å². The van der Waals surface area contributed by atoms with Crippen LogP contribution in [0.5, 0.6) is 5.75 Å². The van der Waals surface area contributed by atoms with Crippen molar-refractivity contribution in [3.8, 4) is 17.6 Å². The lowest BCUT2D eigenvalue weighted by Gasteiger charge is -2.07. The summed E-state index contributed by atoms with van der Waals surface area (Å²) in [4.78, 5) is 0. The van der Waals surface area contributed by atoms with Crippen LogP contribution in [-0.4, -0.2) is 18.3 Å². The standard InChI is InChI=1S/C15H17FO2/c16-14-7-6-13(3-1-2-9-17)15(11-14)18-10-8-12-4-5-12/h6-7,11-12,17H,2,4-5,8-10H2. The van der Waals surface area contributed by atoms with Crippen molar-refractivity contribution in [2.45, 2.75) is 25.7 Å². The predicted molar refractivity (Wildman–Crippen MR) is 67.8 cm³/mol. The Labute approximate surface area is 107 Å². The first-order valence-electron chi connectivity index (χ1n) is 6.31. The molecule has 18 heavy (non-hydrogen) atoms. The molecule has 3 heteroatoms. The van der Waals surface area contributed by atoms with Crippen molar-refractivity contribution in [3.63, 3.8) is 0 Å². The zero-order valence-corrected chi connectivity index (χ0v) is 10.3. The molecule has 1 N–H and O–H groups in total. The van der Waals surface area contributed by atoms with E-state index in [0.29, 0.717) is 24.3 Å². The summed E-state index contributed by atoms with van der Waals surface area (Å²) in [6.45, 7) is 0.648. The molecule has 1 aliphatic rings. The maximum Gasteiger partial charge on any atom is 0.137 e. The summed E-state index contributed by atoms with van der Waals surface area (Å²) in [6, 6.07) is 4.36. The number of hydrogen-bond donors (Lipinski definition) is 1.